The molecule has 3 nitrogen and oxygen atoms in total. The Balaban J connectivity index is 2.14. The molecule has 3 aliphatic heterocycles. The molecule has 3 fully saturated rings. The number of ketones is 1. The number of carbonyl (C=O) groups excluding carboxylic acids is 1. The van der Waals surface area contributed by atoms with Gasteiger partial charge in [0.15, 0.2) is 5.78 Å². The molecule has 3 heterocycles. The Hall–Kier alpha value is -0.410. The molecule has 0 spiro atoms. The van der Waals surface area contributed by atoms with Crippen LogP contribution in [0.25, 0.3) is 0 Å². The maximum absolute atomic E-state index is 11.2. The normalized spacial score (nSPS) is 39.8. The van der Waals surface area contributed by atoms with Crippen LogP contribution in [0, 0.1) is 5.92 Å². The molecule has 56 valence electrons. The molecule has 0 saturated carbocycles. The molecule has 0 amide bonds. The van der Waals surface area contributed by atoms with Gasteiger partial charge in [0.1, 0.15) is 0 Å². The standard InChI is InChI=1S/C7H12N2O/c10-7-5-8-9-3-1-6(7)2-4-9/h6,8H,1-5H2. The minimum absolute atomic E-state index is 0.367. The Morgan fingerprint density at radius 2 is 2.10 bits per heavy atom. The first-order valence-corrected chi connectivity index (χ1v) is 3.87. The van der Waals surface area contributed by atoms with Crippen LogP contribution in [0.4, 0.5) is 0 Å². The second-order valence-corrected chi connectivity index (χ2v) is 3.06. The number of hydrazine groups is 1. The van der Waals surface area contributed by atoms with Gasteiger partial charge in [-0.1, -0.05) is 0 Å². The van der Waals surface area contributed by atoms with Gasteiger partial charge in [0, 0.05) is 19.0 Å². The number of carbonyl (C=O) groups is 1. The number of rotatable bonds is 0. The summed E-state index contributed by atoms with van der Waals surface area (Å²) in [7, 11) is 0. The quantitative estimate of drug-likeness (QED) is 0.505. The third-order valence-corrected chi connectivity index (χ3v) is 2.43. The Kier molecular flexibility index (Phi) is 1.47. The summed E-state index contributed by atoms with van der Waals surface area (Å²) in [6.45, 7) is 2.66. The first-order valence-electron chi connectivity index (χ1n) is 3.87. The van der Waals surface area contributed by atoms with Crippen molar-refractivity contribution in [2.45, 2.75) is 12.8 Å². The largest absolute Gasteiger partial charge is 0.298 e. The van der Waals surface area contributed by atoms with E-state index >= 15 is 0 Å². The van der Waals surface area contributed by atoms with E-state index in [4.69, 9.17) is 0 Å². The van der Waals surface area contributed by atoms with E-state index in [0.29, 0.717) is 18.2 Å². The van der Waals surface area contributed by atoms with Crippen LogP contribution in [-0.4, -0.2) is 30.4 Å². The third-order valence-electron chi connectivity index (χ3n) is 2.43. The second-order valence-electron chi connectivity index (χ2n) is 3.06. The van der Waals surface area contributed by atoms with Gasteiger partial charge < -0.3 is 0 Å². The highest BCUT2D eigenvalue weighted by Crippen LogP contribution is 2.19. The van der Waals surface area contributed by atoms with Crippen LogP contribution in [0.1, 0.15) is 12.8 Å². The number of nitrogens with one attached hydrogen (secondary N) is 1. The molecule has 0 aromatic rings. The van der Waals surface area contributed by atoms with Crippen LogP contribution in [0.2, 0.25) is 0 Å². The van der Waals surface area contributed by atoms with Crippen LogP contribution >= 0.6 is 0 Å². The Morgan fingerprint density at radius 1 is 1.40 bits per heavy atom. The number of Topliss-reactive ketones (excluding diaryl/α,β-unsaturated/α-hetero) is 1. The zero-order valence-electron chi connectivity index (χ0n) is 5.97. The van der Waals surface area contributed by atoms with E-state index in [1.807, 2.05) is 0 Å². The minimum Gasteiger partial charge on any atom is -0.298 e. The lowest BCUT2D eigenvalue weighted by Crippen LogP contribution is -2.39. The molecular weight excluding hydrogens is 128 g/mol. The zero-order valence-corrected chi connectivity index (χ0v) is 5.97. The molecule has 0 aromatic heterocycles. The van der Waals surface area contributed by atoms with Crippen molar-refractivity contribution in [2.24, 2.45) is 5.92 Å². The van der Waals surface area contributed by atoms with E-state index in [0.717, 1.165) is 25.9 Å². The second kappa shape index (κ2) is 2.32. The summed E-state index contributed by atoms with van der Waals surface area (Å²) in [5.41, 5.74) is 3.11. The van der Waals surface area contributed by atoms with E-state index in [1.54, 1.807) is 0 Å². The number of hydrogen-bond donors (Lipinski definition) is 1. The van der Waals surface area contributed by atoms with Gasteiger partial charge in [-0.3, -0.25) is 4.79 Å². The highest BCUT2D eigenvalue weighted by Gasteiger charge is 2.28. The molecule has 0 aromatic carbocycles. The summed E-state index contributed by atoms with van der Waals surface area (Å²) in [6.07, 6.45) is 2.12. The monoisotopic (exact) mass is 140 g/mol. The summed E-state index contributed by atoms with van der Waals surface area (Å²) in [4.78, 5) is 11.2. The van der Waals surface area contributed by atoms with Crippen molar-refractivity contribution in [3.63, 3.8) is 0 Å². The third kappa shape index (κ3) is 0.954. The lowest BCUT2D eigenvalue weighted by Gasteiger charge is -2.24. The fourth-order valence-corrected chi connectivity index (χ4v) is 1.69. The van der Waals surface area contributed by atoms with Gasteiger partial charge in [-0.25, -0.2) is 10.4 Å². The fourth-order valence-electron chi connectivity index (χ4n) is 1.69. The molecule has 0 aliphatic carbocycles. The molecule has 1 N–H and O–H groups in total. The molecule has 0 atom stereocenters. The van der Waals surface area contributed by atoms with E-state index < -0.39 is 0 Å². The predicted molar refractivity (Wildman–Crippen MR) is 37.3 cm³/mol. The minimum atomic E-state index is 0.367. The van der Waals surface area contributed by atoms with Crippen LogP contribution in [0.5, 0.6) is 0 Å². The number of piperidine rings is 1. The zero-order chi connectivity index (χ0) is 6.97. The van der Waals surface area contributed by atoms with Crippen molar-refractivity contribution < 1.29 is 4.79 Å². The van der Waals surface area contributed by atoms with E-state index in [1.165, 1.54) is 0 Å². The molecule has 3 saturated heterocycles. The highest BCUT2D eigenvalue weighted by molar-refractivity contribution is 5.83. The lowest BCUT2D eigenvalue weighted by atomic mass is 9.95. The van der Waals surface area contributed by atoms with E-state index in [9.17, 15) is 4.79 Å². The average Bonchev–Trinajstić information content (AvgIpc) is 2.24. The smallest absolute Gasteiger partial charge is 0.151 e. The number of nitrogens with zero attached hydrogens (tertiary/aromatic N) is 1. The van der Waals surface area contributed by atoms with Crippen molar-refractivity contribution in [2.75, 3.05) is 19.6 Å². The predicted octanol–water partition coefficient (Wildman–Crippen LogP) is -0.214. The van der Waals surface area contributed by atoms with Gasteiger partial charge in [0.2, 0.25) is 0 Å². The summed E-state index contributed by atoms with van der Waals surface area (Å²) < 4.78 is 0. The van der Waals surface area contributed by atoms with Gasteiger partial charge in [-0.05, 0) is 12.8 Å². The van der Waals surface area contributed by atoms with Crippen LogP contribution in [0.15, 0.2) is 0 Å². The molecule has 0 unspecified atom stereocenters. The maximum atomic E-state index is 11.2. The van der Waals surface area contributed by atoms with Crippen molar-refractivity contribution in [3.8, 4) is 0 Å². The van der Waals surface area contributed by atoms with Gasteiger partial charge in [-0.15, -0.1) is 0 Å². The molecule has 3 aliphatic rings. The van der Waals surface area contributed by atoms with Crippen LogP contribution in [-0.2, 0) is 4.79 Å². The van der Waals surface area contributed by atoms with Gasteiger partial charge >= 0.3 is 0 Å². The summed E-state index contributed by atoms with van der Waals surface area (Å²) in [5.74, 6) is 0.770. The topological polar surface area (TPSA) is 32.3 Å². The Bertz CT molecular complexity index is 150. The van der Waals surface area contributed by atoms with Gasteiger partial charge in [0.25, 0.3) is 0 Å². The first kappa shape index (κ1) is 6.31. The van der Waals surface area contributed by atoms with Crippen molar-refractivity contribution >= 4 is 5.78 Å². The molecular formula is C7H12N2O. The van der Waals surface area contributed by atoms with Crippen LogP contribution < -0.4 is 5.43 Å². The molecule has 3 rings (SSSR count). The summed E-state index contributed by atoms with van der Waals surface area (Å²) in [6, 6.07) is 0. The summed E-state index contributed by atoms with van der Waals surface area (Å²) >= 11 is 0. The van der Waals surface area contributed by atoms with Crippen LogP contribution in [0.3, 0.4) is 0 Å². The number of hydrogen-bond acceptors (Lipinski definition) is 3. The molecule has 3 heteroatoms. The maximum Gasteiger partial charge on any atom is 0.151 e. The molecule has 10 heavy (non-hydrogen) atoms. The lowest BCUT2D eigenvalue weighted by molar-refractivity contribution is -0.121. The van der Waals surface area contributed by atoms with E-state index in [-0.39, 0.29) is 0 Å². The average molecular weight is 140 g/mol. The Morgan fingerprint density at radius 3 is 2.80 bits per heavy atom. The van der Waals surface area contributed by atoms with Gasteiger partial charge in [-0.2, -0.15) is 0 Å². The first-order chi connectivity index (χ1) is 4.86. The Labute approximate surface area is 60.4 Å². The van der Waals surface area contributed by atoms with Crippen molar-refractivity contribution in [1.82, 2.24) is 10.4 Å². The summed E-state index contributed by atoms with van der Waals surface area (Å²) in [5, 5.41) is 2.15. The van der Waals surface area contributed by atoms with Gasteiger partial charge in [0.05, 0.1) is 6.54 Å². The molecule has 0 radical (unpaired) electrons. The molecule has 2 bridgehead atoms. The SMILES string of the molecule is O=C1CNN2CCC1CC2. The van der Waals surface area contributed by atoms with E-state index in [2.05, 4.69) is 10.4 Å². The van der Waals surface area contributed by atoms with Crippen molar-refractivity contribution in [3.05, 3.63) is 0 Å². The fraction of sp³-hybridized carbons (Fsp3) is 0.857. The number of fused-ring (bicyclic) bond motifs is 4. The highest BCUT2D eigenvalue weighted by atomic mass is 16.1. The van der Waals surface area contributed by atoms with Crippen molar-refractivity contribution in [1.29, 1.82) is 0 Å².